The molecule has 0 unspecified atom stereocenters. The van der Waals surface area contributed by atoms with Crippen LogP contribution < -0.4 is 16.3 Å². The van der Waals surface area contributed by atoms with Gasteiger partial charge in [-0.1, -0.05) is 30.3 Å². The Balaban J connectivity index is 1.89. The van der Waals surface area contributed by atoms with E-state index in [0.717, 1.165) is 5.56 Å². The molecule has 0 aliphatic heterocycles. The molecule has 0 spiro atoms. The zero-order chi connectivity index (χ0) is 20.3. The molecule has 3 aromatic rings. The number of carbonyl (C=O) groups excluding carboxylic acids is 1. The number of benzene rings is 2. The standard InChI is InChI=1S/C21H24N4O3/c1-13-16(23-18(26)12-25(3)4)10-11-17-19(13)20(27)28-21(24-17)22-14(2)15-8-6-5-7-9-15/h5-11,14H,12H2,1-4H3,(H,22,24)(H,23,26)/t14-/m0/s1. The highest BCUT2D eigenvalue weighted by molar-refractivity contribution is 5.96. The molecule has 7 heteroatoms. The molecule has 146 valence electrons. The molecule has 0 saturated carbocycles. The van der Waals surface area contributed by atoms with Crippen LogP contribution in [0.4, 0.5) is 11.7 Å². The van der Waals surface area contributed by atoms with Crippen LogP contribution in [0.2, 0.25) is 0 Å². The number of rotatable bonds is 6. The third-order valence-electron chi connectivity index (χ3n) is 4.43. The summed E-state index contributed by atoms with van der Waals surface area (Å²) in [5, 5.41) is 6.31. The van der Waals surface area contributed by atoms with Crippen LogP contribution in [0.15, 0.2) is 51.7 Å². The van der Waals surface area contributed by atoms with E-state index in [1.54, 1.807) is 24.0 Å². The highest BCUT2D eigenvalue weighted by Crippen LogP contribution is 2.24. The van der Waals surface area contributed by atoms with Crippen molar-refractivity contribution in [2.24, 2.45) is 0 Å². The van der Waals surface area contributed by atoms with Crippen LogP contribution >= 0.6 is 0 Å². The van der Waals surface area contributed by atoms with E-state index in [-0.39, 0.29) is 24.5 Å². The molecular formula is C21H24N4O3. The molecule has 0 fully saturated rings. The Morgan fingerprint density at radius 3 is 2.57 bits per heavy atom. The second kappa shape index (κ2) is 8.22. The average Bonchev–Trinajstić information content (AvgIpc) is 2.64. The lowest BCUT2D eigenvalue weighted by molar-refractivity contribution is -0.116. The largest absolute Gasteiger partial charge is 0.389 e. The van der Waals surface area contributed by atoms with E-state index in [0.29, 0.717) is 22.2 Å². The first kappa shape index (κ1) is 19.6. The third kappa shape index (κ3) is 4.37. The van der Waals surface area contributed by atoms with Gasteiger partial charge in [0.2, 0.25) is 5.91 Å². The normalized spacial score (nSPS) is 12.2. The van der Waals surface area contributed by atoms with E-state index >= 15 is 0 Å². The van der Waals surface area contributed by atoms with Gasteiger partial charge < -0.3 is 20.0 Å². The fourth-order valence-corrected chi connectivity index (χ4v) is 3.00. The molecule has 0 radical (unpaired) electrons. The lowest BCUT2D eigenvalue weighted by atomic mass is 10.1. The molecule has 0 bridgehead atoms. The summed E-state index contributed by atoms with van der Waals surface area (Å²) in [4.78, 5) is 30.8. The first-order valence-electron chi connectivity index (χ1n) is 9.05. The molecule has 1 aromatic heterocycles. The number of hydrogen-bond donors (Lipinski definition) is 2. The zero-order valence-corrected chi connectivity index (χ0v) is 16.4. The monoisotopic (exact) mass is 380 g/mol. The highest BCUT2D eigenvalue weighted by atomic mass is 16.4. The van der Waals surface area contributed by atoms with Crippen molar-refractivity contribution in [1.29, 1.82) is 0 Å². The van der Waals surface area contributed by atoms with Crippen LogP contribution in [0.3, 0.4) is 0 Å². The zero-order valence-electron chi connectivity index (χ0n) is 16.4. The smallest absolute Gasteiger partial charge is 0.348 e. The highest BCUT2D eigenvalue weighted by Gasteiger charge is 2.15. The summed E-state index contributed by atoms with van der Waals surface area (Å²) in [5.74, 6) is -0.153. The van der Waals surface area contributed by atoms with Crippen molar-refractivity contribution in [1.82, 2.24) is 9.88 Å². The van der Waals surface area contributed by atoms with Crippen LogP contribution in [0.1, 0.15) is 24.1 Å². The fourth-order valence-electron chi connectivity index (χ4n) is 3.00. The van der Waals surface area contributed by atoms with Crippen molar-refractivity contribution in [2.75, 3.05) is 31.3 Å². The maximum Gasteiger partial charge on any atom is 0.348 e. The Kier molecular flexibility index (Phi) is 5.75. The van der Waals surface area contributed by atoms with E-state index < -0.39 is 5.63 Å². The molecule has 1 amide bonds. The minimum absolute atomic E-state index is 0.0695. The number of amides is 1. The molecule has 1 heterocycles. The Morgan fingerprint density at radius 2 is 1.89 bits per heavy atom. The summed E-state index contributed by atoms with van der Waals surface area (Å²) in [6, 6.07) is 13.4. The van der Waals surface area contributed by atoms with Crippen molar-refractivity contribution in [3.05, 3.63) is 64.0 Å². The number of carbonyl (C=O) groups is 1. The van der Waals surface area contributed by atoms with Gasteiger partial charge in [0.1, 0.15) is 0 Å². The van der Waals surface area contributed by atoms with Crippen LogP contribution in [0.25, 0.3) is 10.9 Å². The van der Waals surface area contributed by atoms with Crippen LogP contribution in [-0.4, -0.2) is 36.4 Å². The summed E-state index contributed by atoms with van der Waals surface area (Å²) < 4.78 is 5.39. The van der Waals surface area contributed by atoms with Crippen molar-refractivity contribution in [2.45, 2.75) is 19.9 Å². The molecule has 0 aliphatic rings. The number of nitrogens with zero attached hydrogens (tertiary/aromatic N) is 2. The molecule has 0 aliphatic carbocycles. The number of anilines is 2. The maximum atomic E-state index is 12.6. The Bertz CT molecular complexity index is 1040. The number of fused-ring (bicyclic) bond motifs is 1. The number of nitrogens with one attached hydrogen (secondary N) is 2. The van der Waals surface area contributed by atoms with Gasteiger partial charge in [-0.2, -0.15) is 4.98 Å². The Hall–Kier alpha value is -3.19. The average molecular weight is 380 g/mol. The van der Waals surface area contributed by atoms with Crippen LogP contribution in [-0.2, 0) is 4.79 Å². The molecule has 3 rings (SSSR count). The van der Waals surface area contributed by atoms with Crippen molar-refractivity contribution in [3.63, 3.8) is 0 Å². The van der Waals surface area contributed by atoms with E-state index in [1.165, 1.54) is 0 Å². The second-order valence-electron chi connectivity index (χ2n) is 7.00. The summed E-state index contributed by atoms with van der Waals surface area (Å²) in [6.07, 6.45) is 0. The van der Waals surface area contributed by atoms with Crippen LogP contribution in [0, 0.1) is 6.92 Å². The minimum atomic E-state index is -0.492. The quantitative estimate of drug-likeness (QED) is 0.683. The minimum Gasteiger partial charge on any atom is -0.389 e. The lowest BCUT2D eigenvalue weighted by Gasteiger charge is -2.15. The molecular weight excluding hydrogens is 356 g/mol. The third-order valence-corrected chi connectivity index (χ3v) is 4.43. The first-order chi connectivity index (χ1) is 13.3. The molecule has 7 nitrogen and oxygen atoms in total. The van der Waals surface area contributed by atoms with E-state index in [1.807, 2.05) is 51.4 Å². The molecule has 0 saturated heterocycles. The predicted molar refractivity (Wildman–Crippen MR) is 111 cm³/mol. The number of aryl methyl sites for hydroxylation is 1. The predicted octanol–water partition coefficient (Wildman–Crippen LogP) is 3.17. The van der Waals surface area contributed by atoms with Gasteiger partial charge in [-0.3, -0.25) is 4.79 Å². The van der Waals surface area contributed by atoms with Crippen LogP contribution in [0.5, 0.6) is 0 Å². The van der Waals surface area contributed by atoms with Gasteiger partial charge in [-0.05, 0) is 51.2 Å². The number of hydrogen-bond acceptors (Lipinski definition) is 6. The van der Waals surface area contributed by atoms with Gasteiger partial charge in [0.05, 0.1) is 23.5 Å². The van der Waals surface area contributed by atoms with Crippen molar-refractivity contribution >= 4 is 28.5 Å². The number of aromatic nitrogens is 1. The fraction of sp³-hybridized carbons (Fsp3) is 0.286. The van der Waals surface area contributed by atoms with Gasteiger partial charge in [-0.15, -0.1) is 0 Å². The lowest BCUT2D eigenvalue weighted by Crippen LogP contribution is -2.27. The summed E-state index contributed by atoms with van der Waals surface area (Å²) in [6.45, 7) is 3.99. The van der Waals surface area contributed by atoms with Crippen molar-refractivity contribution in [3.8, 4) is 0 Å². The van der Waals surface area contributed by atoms with E-state index in [2.05, 4.69) is 15.6 Å². The van der Waals surface area contributed by atoms with Gasteiger partial charge in [0, 0.05) is 5.69 Å². The summed E-state index contributed by atoms with van der Waals surface area (Å²) in [5.41, 5.74) is 2.29. The molecule has 2 aromatic carbocycles. The van der Waals surface area contributed by atoms with E-state index in [9.17, 15) is 9.59 Å². The topological polar surface area (TPSA) is 87.5 Å². The molecule has 2 N–H and O–H groups in total. The van der Waals surface area contributed by atoms with E-state index in [4.69, 9.17) is 4.42 Å². The summed E-state index contributed by atoms with van der Waals surface area (Å²) >= 11 is 0. The van der Waals surface area contributed by atoms with Gasteiger partial charge >= 0.3 is 5.63 Å². The maximum absolute atomic E-state index is 12.6. The second-order valence-corrected chi connectivity index (χ2v) is 7.00. The Morgan fingerprint density at radius 1 is 1.18 bits per heavy atom. The SMILES string of the molecule is Cc1c(NC(=O)CN(C)C)ccc2nc(N[C@@H](C)c3ccccc3)oc(=O)c12. The Labute approximate surface area is 163 Å². The summed E-state index contributed by atoms with van der Waals surface area (Å²) in [7, 11) is 3.63. The molecule has 28 heavy (non-hydrogen) atoms. The van der Waals surface area contributed by atoms with Gasteiger partial charge in [0.15, 0.2) is 0 Å². The first-order valence-corrected chi connectivity index (χ1v) is 9.05. The number of likely N-dealkylation sites (N-methyl/N-ethyl adjacent to an activating group) is 1. The van der Waals surface area contributed by atoms with Gasteiger partial charge in [-0.25, -0.2) is 4.79 Å². The van der Waals surface area contributed by atoms with Gasteiger partial charge in [0.25, 0.3) is 6.01 Å². The van der Waals surface area contributed by atoms with Crippen molar-refractivity contribution < 1.29 is 9.21 Å². The molecule has 1 atom stereocenters.